The van der Waals surface area contributed by atoms with Gasteiger partial charge in [0.1, 0.15) is 18.1 Å². The van der Waals surface area contributed by atoms with Gasteiger partial charge in [0, 0.05) is 6.42 Å². The first kappa shape index (κ1) is 26.2. The van der Waals surface area contributed by atoms with Crippen molar-refractivity contribution in [2.24, 2.45) is 11.7 Å². The van der Waals surface area contributed by atoms with Gasteiger partial charge in [0.15, 0.2) is 0 Å². The van der Waals surface area contributed by atoms with Gasteiger partial charge in [-0.05, 0) is 12.3 Å². The number of rotatable bonds is 13. The van der Waals surface area contributed by atoms with Crippen LogP contribution in [0.4, 0.5) is 0 Å². The summed E-state index contributed by atoms with van der Waals surface area (Å²) in [6.07, 6.45) is -0.550. The van der Waals surface area contributed by atoms with Crippen molar-refractivity contribution in [3.8, 4) is 0 Å². The Balaban J connectivity index is 5.04. The highest BCUT2D eigenvalue weighted by atomic mass is 16.4. The van der Waals surface area contributed by atoms with Crippen LogP contribution in [0.5, 0.6) is 0 Å². The summed E-state index contributed by atoms with van der Waals surface area (Å²) in [4.78, 5) is 58.0. The Labute approximate surface area is 166 Å². The van der Waals surface area contributed by atoms with Gasteiger partial charge in [-0.1, -0.05) is 13.8 Å². The second-order valence-electron chi connectivity index (χ2n) is 6.59. The Morgan fingerprint density at radius 2 is 1.34 bits per heavy atom. The molecule has 0 bridgehead atoms. The Bertz CT molecular complexity index is 611. The lowest BCUT2D eigenvalue weighted by Gasteiger charge is -2.26. The van der Waals surface area contributed by atoms with Crippen LogP contribution >= 0.6 is 0 Å². The summed E-state index contributed by atoms with van der Waals surface area (Å²) in [5.74, 6) is -5.80. The van der Waals surface area contributed by atoms with Crippen molar-refractivity contribution < 1.29 is 44.4 Å². The normalized spacial score (nSPS) is 15.0. The molecular weight excluding hydrogens is 392 g/mol. The van der Waals surface area contributed by atoms with E-state index in [2.05, 4.69) is 16.0 Å². The Hall–Kier alpha value is -2.77. The zero-order chi connectivity index (χ0) is 22.7. The van der Waals surface area contributed by atoms with E-state index < -0.39 is 73.0 Å². The maximum Gasteiger partial charge on any atom is 0.328 e. The first-order valence-electron chi connectivity index (χ1n) is 8.77. The van der Waals surface area contributed by atoms with E-state index in [1.807, 2.05) is 0 Å². The van der Waals surface area contributed by atoms with Crippen molar-refractivity contribution in [3.05, 3.63) is 0 Å². The summed E-state index contributed by atoms with van der Waals surface area (Å²) in [6, 6.07) is -5.48. The molecule has 0 saturated heterocycles. The van der Waals surface area contributed by atoms with Crippen molar-refractivity contribution in [1.82, 2.24) is 16.0 Å². The number of aliphatic hydroxyl groups excluding tert-OH is 2. The molecule has 4 atom stereocenters. The zero-order valence-corrected chi connectivity index (χ0v) is 16.1. The lowest BCUT2D eigenvalue weighted by Crippen LogP contribution is -2.59. The first-order chi connectivity index (χ1) is 13.4. The fourth-order valence-electron chi connectivity index (χ4n) is 2.12. The van der Waals surface area contributed by atoms with Gasteiger partial charge >= 0.3 is 11.9 Å². The van der Waals surface area contributed by atoms with E-state index in [0.29, 0.717) is 0 Å². The quantitative estimate of drug-likeness (QED) is 0.146. The highest BCUT2D eigenvalue weighted by molar-refractivity contribution is 5.94. The topological polar surface area (TPSA) is 228 Å². The number of carbonyl (C=O) groups excluding carboxylic acids is 3. The molecule has 0 aliphatic heterocycles. The maximum atomic E-state index is 12.3. The maximum absolute atomic E-state index is 12.3. The third-order valence-corrected chi connectivity index (χ3v) is 3.87. The number of hydrogen-bond acceptors (Lipinski definition) is 8. The molecule has 0 fully saturated rings. The minimum absolute atomic E-state index is 0.185. The zero-order valence-electron chi connectivity index (χ0n) is 16.1. The van der Waals surface area contributed by atoms with Crippen molar-refractivity contribution in [2.75, 3.05) is 13.2 Å². The number of carboxylic acid groups (broad SMARTS) is 2. The highest BCUT2D eigenvalue weighted by Gasteiger charge is 2.31. The molecule has 9 N–H and O–H groups in total. The average Bonchev–Trinajstić information content (AvgIpc) is 2.64. The molecule has 0 heterocycles. The van der Waals surface area contributed by atoms with E-state index in [1.54, 1.807) is 13.8 Å². The van der Waals surface area contributed by atoms with Crippen LogP contribution in [0.15, 0.2) is 0 Å². The molecule has 29 heavy (non-hydrogen) atoms. The van der Waals surface area contributed by atoms with Crippen molar-refractivity contribution in [2.45, 2.75) is 50.9 Å². The van der Waals surface area contributed by atoms with Gasteiger partial charge in [-0.2, -0.15) is 0 Å². The van der Waals surface area contributed by atoms with Crippen LogP contribution in [0, 0.1) is 5.92 Å². The van der Waals surface area contributed by atoms with Gasteiger partial charge in [0.05, 0.1) is 19.3 Å². The molecule has 13 heteroatoms. The number of carbonyl (C=O) groups is 5. The van der Waals surface area contributed by atoms with E-state index >= 15 is 0 Å². The number of nitrogens with two attached hydrogens (primary N) is 1. The Kier molecular flexibility index (Phi) is 11.4. The number of hydrogen-bond donors (Lipinski definition) is 8. The predicted octanol–water partition coefficient (Wildman–Crippen LogP) is -3.64. The largest absolute Gasteiger partial charge is 0.481 e. The Morgan fingerprint density at radius 3 is 1.76 bits per heavy atom. The lowest BCUT2D eigenvalue weighted by molar-refractivity contribution is -0.143. The molecule has 13 nitrogen and oxygen atoms in total. The summed E-state index contributed by atoms with van der Waals surface area (Å²) in [6.45, 7) is 1.44. The Morgan fingerprint density at radius 1 is 0.828 bits per heavy atom. The molecule has 0 aliphatic carbocycles. The smallest absolute Gasteiger partial charge is 0.328 e. The van der Waals surface area contributed by atoms with Gasteiger partial charge in [-0.15, -0.1) is 0 Å². The molecule has 0 aliphatic rings. The predicted molar refractivity (Wildman–Crippen MR) is 97.3 cm³/mol. The third kappa shape index (κ3) is 9.32. The standard InChI is InChI=1S/C16H28N4O9/c1-7(2)12(15(27)19-10(6-22)16(28)29)20-14(26)9(5-21)18-13(25)8(17)3-4-11(23)24/h7-10,12,21-22H,3-6,17H2,1-2H3,(H,18,25)(H,19,27)(H,20,26)(H,23,24)(H,28,29). The summed E-state index contributed by atoms with van der Waals surface area (Å²) >= 11 is 0. The highest BCUT2D eigenvalue weighted by Crippen LogP contribution is 2.04. The SMILES string of the molecule is CC(C)C(NC(=O)C(CO)NC(=O)C(N)CCC(=O)O)C(=O)NC(CO)C(=O)O. The fraction of sp³-hybridized carbons (Fsp3) is 0.688. The number of amides is 3. The van der Waals surface area contributed by atoms with Crippen LogP contribution in [-0.2, 0) is 24.0 Å². The molecule has 0 aromatic carbocycles. The lowest BCUT2D eigenvalue weighted by atomic mass is 10.0. The third-order valence-electron chi connectivity index (χ3n) is 3.87. The van der Waals surface area contributed by atoms with Crippen LogP contribution < -0.4 is 21.7 Å². The molecular formula is C16H28N4O9. The van der Waals surface area contributed by atoms with Crippen LogP contribution in [0.3, 0.4) is 0 Å². The molecule has 3 amide bonds. The van der Waals surface area contributed by atoms with E-state index in [-0.39, 0.29) is 12.8 Å². The van der Waals surface area contributed by atoms with Gasteiger partial charge in [-0.3, -0.25) is 19.2 Å². The molecule has 0 saturated carbocycles. The fourth-order valence-corrected chi connectivity index (χ4v) is 2.12. The van der Waals surface area contributed by atoms with E-state index in [0.717, 1.165) is 0 Å². The second-order valence-corrected chi connectivity index (χ2v) is 6.59. The summed E-state index contributed by atoms with van der Waals surface area (Å²) in [5.41, 5.74) is 5.53. The molecule has 0 aromatic heterocycles. The summed E-state index contributed by atoms with van der Waals surface area (Å²) in [5, 5.41) is 42.4. The molecule has 166 valence electrons. The number of aliphatic carboxylic acids is 2. The first-order valence-corrected chi connectivity index (χ1v) is 8.77. The molecule has 0 aromatic rings. The van der Waals surface area contributed by atoms with Crippen LogP contribution in [0.1, 0.15) is 26.7 Å². The second kappa shape index (κ2) is 12.6. The number of aliphatic hydroxyl groups is 2. The van der Waals surface area contributed by atoms with E-state index in [1.165, 1.54) is 0 Å². The van der Waals surface area contributed by atoms with Crippen molar-refractivity contribution in [3.63, 3.8) is 0 Å². The number of carboxylic acids is 2. The van der Waals surface area contributed by atoms with E-state index in [4.69, 9.17) is 21.1 Å². The minimum Gasteiger partial charge on any atom is -0.481 e. The summed E-state index contributed by atoms with van der Waals surface area (Å²) < 4.78 is 0. The van der Waals surface area contributed by atoms with Gasteiger partial charge in [-0.25, -0.2) is 4.79 Å². The number of nitrogens with one attached hydrogen (secondary N) is 3. The molecule has 0 spiro atoms. The van der Waals surface area contributed by atoms with Crippen molar-refractivity contribution >= 4 is 29.7 Å². The minimum atomic E-state index is -1.57. The van der Waals surface area contributed by atoms with Crippen LogP contribution in [0.25, 0.3) is 0 Å². The van der Waals surface area contributed by atoms with Crippen LogP contribution in [0.2, 0.25) is 0 Å². The molecule has 4 unspecified atom stereocenters. The van der Waals surface area contributed by atoms with Crippen molar-refractivity contribution in [1.29, 1.82) is 0 Å². The van der Waals surface area contributed by atoms with E-state index in [9.17, 15) is 29.1 Å². The monoisotopic (exact) mass is 420 g/mol. The van der Waals surface area contributed by atoms with Gasteiger partial charge in [0.2, 0.25) is 17.7 Å². The average molecular weight is 420 g/mol. The molecule has 0 rings (SSSR count). The molecule has 0 radical (unpaired) electrons. The van der Waals surface area contributed by atoms with Crippen LogP contribution in [-0.4, -0.2) is 87.5 Å². The van der Waals surface area contributed by atoms with Gasteiger partial charge < -0.3 is 42.1 Å². The van der Waals surface area contributed by atoms with Gasteiger partial charge in [0.25, 0.3) is 0 Å². The summed E-state index contributed by atoms with van der Waals surface area (Å²) in [7, 11) is 0.